The zero-order valence-electron chi connectivity index (χ0n) is 12.1. The van der Waals surface area contributed by atoms with Crippen LogP contribution in [0.1, 0.15) is 54.6 Å². The third kappa shape index (κ3) is 3.57. The molecule has 1 atom stereocenters. The number of primary amides is 1. The summed E-state index contributed by atoms with van der Waals surface area (Å²) in [6.07, 6.45) is 3.79. The average Bonchev–Trinajstić information content (AvgIpc) is 2.67. The zero-order valence-corrected chi connectivity index (χ0v) is 12.1. The SMILES string of the molecule is Cc1cc(C(N)=O)ccc1CNC1CCC(C)(C)C1. The van der Waals surface area contributed by atoms with Crippen LogP contribution in [0.4, 0.5) is 0 Å². The second kappa shape index (κ2) is 5.33. The van der Waals surface area contributed by atoms with E-state index >= 15 is 0 Å². The molecule has 0 spiro atoms. The van der Waals surface area contributed by atoms with Crippen LogP contribution in [0.5, 0.6) is 0 Å². The van der Waals surface area contributed by atoms with Crippen LogP contribution in [0, 0.1) is 12.3 Å². The van der Waals surface area contributed by atoms with Crippen LogP contribution >= 0.6 is 0 Å². The molecule has 2 rings (SSSR count). The molecule has 1 aromatic rings. The molecule has 0 aromatic heterocycles. The molecular weight excluding hydrogens is 236 g/mol. The maximum Gasteiger partial charge on any atom is 0.248 e. The Balaban J connectivity index is 1.95. The molecule has 1 aliphatic carbocycles. The van der Waals surface area contributed by atoms with Crippen molar-refractivity contribution < 1.29 is 4.79 Å². The number of nitrogens with one attached hydrogen (secondary N) is 1. The number of carbonyl (C=O) groups is 1. The summed E-state index contributed by atoms with van der Waals surface area (Å²) >= 11 is 0. The van der Waals surface area contributed by atoms with E-state index in [9.17, 15) is 4.79 Å². The van der Waals surface area contributed by atoms with E-state index in [2.05, 4.69) is 19.2 Å². The van der Waals surface area contributed by atoms with E-state index in [4.69, 9.17) is 5.73 Å². The Morgan fingerprint density at radius 3 is 2.74 bits per heavy atom. The summed E-state index contributed by atoms with van der Waals surface area (Å²) in [5, 5.41) is 3.63. The topological polar surface area (TPSA) is 55.1 Å². The van der Waals surface area contributed by atoms with E-state index in [0.717, 1.165) is 12.1 Å². The Morgan fingerprint density at radius 1 is 1.47 bits per heavy atom. The number of hydrogen-bond acceptors (Lipinski definition) is 2. The molecule has 3 heteroatoms. The average molecular weight is 260 g/mol. The van der Waals surface area contributed by atoms with Crippen LogP contribution in [-0.2, 0) is 6.54 Å². The van der Waals surface area contributed by atoms with Crippen LogP contribution in [0.2, 0.25) is 0 Å². The number of carbonyl (C=O) groups excluding carboxylic acids is 1. The summed E-state index contributed by atoms with van der Waals surface area (Å²) in [5.41, 5.74) is 8.71. The van der Waals surface area contributed by atoms with Gasteiger partial charge in [0.2, 0.25) is 5.91 Å². The van der Waals surface area contributed by atoms with Crippen molar-refractivity contribution in [2.75, 3.05) is 0 Å². The van der Waals surface area contributed by atoms with Gasteiger partial charge < -0.3 is 11.1 Å². The normalized spacial score (nSPS) is 21.5. The number of benzene rings is 1. The van der Waals surface area contributed by atoms with E-state index in [0.29, 0.717) is 17.0 Å². The Kier molecular flexibility index (Phi) is 3.95. The first-order valence-corrected chi connectivity index (χ1v) is 7.00. The van der Waals surface area contributed by atoms with Crippen molar-refractivity contribution in [2.24, 2.45) is 11.1 Å². The highest BCUT2D eigenvalue weighted by atomic mass is 16.1. The Hall–Kier alpha value is -1.35. The lowest BCUT2D eigenvalue weighted by molar-refractivity contribution is 0.1000. The molecule has 0 bridgehead atoms. The molecule has 0 radical (unpaired) electrons. The summed E-state index contributed by atoms with van der Waals surface area (Å²) in [4.78, 5) is 11.1. The molecule has 3 N–H and O–H groups in total. The number of hydrogen-bond donors (Lipinski definition) is 2. The highest BCUT2D eigenvalue weighted by Gasteiger charge is 2.30. The smallest absolute Gasteiger partial charge is 0.248 e. The van der Waals surface area contributed by atoms with Crippen LogP contribution in [0.15, 0.2) is 18.2 Å². The first kappa shape index (κ1) is 14.1. The standard InChI is InChI=1S/C16H24N2O/c1-11-8-12(15(17)19)4-5-13(11)10-18-14-6-7-16(2,3)9-14/h4-5,8,14,18H,6-7,9-10H2,1-3H3,(H2,17,19). The summed E-state index contributed by atoms with van der Waals surface area (Å²) in [6, 6.07) is 6.30. The minimum Gasteiger partial charge on any atom is -0.366 e. The molecule has 0 aliphatic heterocycles. The molecule has 104 valence electrons. The summed E-state index contributed by atoms with van der Waals surface area (Å²) in [6.45, 7) is 7.57. The van der Waals surface area contributed by atoms with Gasteiger partial charge in [0.05, 0.1) is 0 Å². The van der Waals surface area contributed by atoms with Gasteiger partial charge in [0.1, 0.15) is 0 Å². The van der Waals surface area contributed by atoms with Gasteiger partial charge >= 0.3 is 0 Å². The lowest BCUT2D eigenvalue weighted by Gasteiger charge is -2.18. The van der Waals surface area contributed by atoms with Crippen molar-refractivity contribution in [3.63, 3.8) is 0 Å². The van der Waals surface area contributed by atoms with Gasteiger partial charge in [-0.25, -0.2) is 0 Å². The first-order chi connectivity index (χ1) is 8.87. The fourth-order valence-electron chi connectivity index (χ4n) is 2.91. The van der Waals surface area contributed by atoms with Crippen molar-refractivity contribution in [1.29, 1.82) is 0 Å². The van der Waals surface area contributed by atoms with Gasteiger partial charge in [-0.1, -0.05) is 19.9 Å². The fraction of sp³-hybridized carbons (Fsp3) is 0.562. The van der Waals surface area contributed by atoms with Gasteiger partial charge in [-0.2, -0.15) is 0 Å². The summed E-state index contributed by atoms with van der Waals surface area (Å²) in [7, 11) is 0. The Labute approximate surface area is 115 Å². The van der Waals surface area contributed by atoms with Gasteiger partial charge in [-0.05, 0) is 54.9 Å². The van der Waals surface area contributed by atoms with Crippen molar-refractivity contribution in [1.82, 2.24) is 5.32 Å². The molecule has 1 aliphatic rings. The largest absolute Gasteiger partial charge is 0.366 e. The molecule has 1 unspecified atom stereocenters. The van der Waals surface area contributed by atoms with Gasteiger partial charge in [-0.3, -0.25) is 4.79 Å². The highest BCUT2D eigenvalue weighted by Crippen LogP contribution is 2.37. The van der Waals surface area contributed by atoms with Crippen LogP contribution < -0.4 is 11.1 Å². The van der Waals surface area contributed by atoms with Crippen molar-refractivity contribution >= 4 is 5.91 Å². The predicted octanol–water partition coefficient (Wildman–Crippen LogP) is 2.76. The van der Waals surface area contributed by atoms with Crippen molar-refractivity contribution in [3.8, 4) is 0 Å². The number of rotatable bonds is 4. The lowest BCUT2D eigenvalue weighted by Crippen LogP contribution is -2.27. The Morgan fingerprint density at radius 2 is 2.21 bits per heavy atom. The van der Waals surface area contributed by atoms with Gasteiger partial charge in [0.25, 0.3) is 0 Å². The molecule has 19 heavy (non-hydrogen) atoms. The van der Waals surface area contributed by atoms with E-state index in [-0.39, 0.29) is 5.91 Å². The lowest BCUT2D eigenvalue weighted by atomic mass is 9.92. The second-order valence-corrected chi connectivity index (χ2v) is 6.49. The van der Waals surface area contributed by atoms with E-state index < -0.39 is 0 Å². The molecule has 0 saturated heterocycles. The monoisotopic (exact) mass is 260 g/mol. The van der Waals surface area contributed by atoms with E-state index in [1.807, 2.05) is 25.1 Å². The summed E-state index contributed by atoms with van der Waals surface area (Å²) in [5.74, 6) is -0.361. The van der Waals surface area contributed by atoms with Gasteiger partial charge in [0, 0.05) is 18.2 Å². The minimum absolute atomic E-state index is 0.361. The number of nitrogens with two attached hydrogens (primary N) is 1. The summed E-state index contributed by atoms with van der Waals surface area (Å²) < 4.78 is 0. The first-order valence-electron chi connectivity index (χ1n) is 7.00. The number of aryl methyl sites for hydroxylation is 1. The molecule has 1 aromatic carbocycles. The molecule has 0 heterocycles. The van der Waals surface area contributed by atoms with Crippen LogP contribution in [-0.4, -0.2) is 11.9 Å². The molecule has 1 saturated carbocycles. The zero-order chi connectivity index (χ0) is 14.0. The molecule has 1 amide bonds. The predicted molar refractivity (Wildman–Crippen MR) is 78.0 cm³/mol. The van der Waals surface area contributed by atoms with E-state index in [1.54, 1.807) is 0 Å². The van der Waals surface area contributed by atoms with Crippen LogP contribution in [0.25, 0.3) is 0 Å². The van der Waals surface area contributed by atoms with Gasteiger partial charge in [0.15, 0.2) is 0 Å². The quantitative estimate of drug-likeness (QED) is 0.874. The maximum atomic E-state index is 11.1. The fourth-order valence-corrected chi connectivity index (χ4v) is 2.91. The number of amides is 1. The third-order valence-electron chi connectivity index (χ3n) is 4.18. The molecule has 3 nitrogen and oxygen atoms in total. The Bertz CT molecular complexity index is 480. The second-order valence-electron chi connectivity index (χ2n) is 6.49. The maximum absolute atomic E-state index is 11.1. The highest BCUT2D eigenvalue weighted by molar-refractivity contribution is 5.93. The van der Waals surface area contributed by atoms with E-state index in [1.165, 1.54) is 24.8 Å². The van der Waals surface area contributed by atoms with Crippen LogP contribution in [0.3, 0.4) is 0 Å². The molecule has 1 fully saturated rings. The van der Waals surface area contributed by atoms with Crippen molar-refractivity contribution in [3.05, 3.63) is 34.9 Å². The van der Waals surface area contributed by atoms with Crippen molar-refractivity contribution in [2.45, 2.75) is 52.6 Å². The third-order valence-corrected chi connectivity index (χ3v) is 4.18. The minimum atomic E-state index is -0.361. The molecular formula is C16H24N2O. The van der Waals surface area contributed by atoms with Gasteiger partial charge in [-0.15, -0.1) is 0 Å².